The molecule has 1 atom stereocenters. The summed E-state index contributed by atoms with van der Waals surface area (Å²) in [5, 5.41) is 0. The maximum absolute atomic E-state index is 12.6. The van der Waals surface area contributed by atoms with Crippen molar-refractivity contribution >= 4 is 11.5 Å². The zero-order chi connectivity index (χ0) is 20.7. The zero-order valence-electron chi connectivity index (χ0n) is 18.8. The normalized spacial score (nSPS) is 15.7. The number of para-hydroxylation sites is 1. The number of Topliss-reactive ketones (excluding diaryl/α,β-unsaturated/α-hetero) is 1. The lowest BCUT2D eigenvalue weighted by atomic mass is 9.92. The van der Waals surface area contributed by atoms with E-state index >= 15 is 0 Å². The van der Waals surface area contributed by atoms with Crippen molar-refractivity contribution in [3.63, 3.8) is 0 Å². The summed E-state index contributed by atoms with van der Waals surface area (Å²) in [4.78, 5) is 15.0. The van der Waals surface area contributed by atoms with Crippen LogP contribution >= 0.6 is 0 Å². The molecular formula is C27H41NO. The molecule has 2 rings (SSSR count). The number of hydrogen-bond acceptors (Lipinski definition) is 2. The van der Waals surface area contributed by atoms with E-state index in [4.69, 9.17) is 0 Å². The van der Waals surface area contributed by atoms with Crippen LogP contribution in [0.1, 0.15) is 114 Å². The monoisotopic (exact) mass is 395 g/mol. The number of hydrogen-bond donors (Lipinski definition) is 0. The predicted molar refractivity (Wildman–Crippen MR) is 126 cm³/mol. The summed E-state index contributed by atoms with van der Waals surface area (Å²) < 4.78 is 0. The number of benzene rings is 1. The van der Waals surface area contributed by atoms with E-state index in [1.807, 2.05) is 18.2 Å². The molecule has 2 heteroatoms. The molecule has 0 radical (unpaired) electrons. The topological polar surface area (TPSA) is 20.3 Å². The lowest BCUT2D eigenvalue weighted by Gasteiger charge is -2.37. The molecule has 1 aliphatic rings. The largest absolute Gasteiger partial charge is 0.367 e. The molecule has 2 nitrogen and oxygen atoms in total. The number of anilines is 1. The van der Waals surface area contributed by atoms with Gasteiger partial charge in [-0.2, -0.15) is 0 Å². The molecule has 1 unspecified atom stereocenters. The highest BCUT2D eigenvalue weighted by molar-refractivity contribution is 6.03. The number of nitrogens with zero attached hydrogens (tertiary/aromatic N) is 1. The third-order valence-electron chi connectivity index (χ3n) is 6.00. The van der Waals surface area contributed by atoms with Crippen LogP contribution in [0.2, 0.25) is 0 Å². The molecule has 1 aliphatic heterocycles. The van der Waals surface area contributed by atoms with Crippen LogP contribution in [-0.2, 0) is 0 Å². The van der Waals surface area contributed by atoms with Crippen molar-refractivity contribution in [1.29, 1.82) is 0 Å². The molecule has 0 spiro atoms. The SMILES string of the molecule is CCCCCCCCCCCC#CCC1CC(=O)c2ccccc2N1CCCC. The smallest absolute Gasteiger partial charge is 0.167 e. The summed E-state index contributed by atoms with van der Waals surface area (Å²) in [6, 6.07) is 8.33. The number of ketones is 1. The molecule has 0 saturated heterocycles. The summed E-state index contributed by atoms with van der Waals surface area (Å²) in [7, 11) is 0. The van der Waals surface area contributed by atoms with E-state index in [0.29, 0.717) is 6.42 Å². The van der Waals surface area contributed by atoms with E-state index in [-0.39, 0.29) is 11.8 Å². The summed E-state index contributed by atoms with van der Waals surface area (Å²) >= 11 is 0. The van der Waals surface area contributed by atoms with Gasteiger partial charge < -0.3 is 4.90 Å². The molecule has 0 saturated carbocycles. The van der Waals surface area contributed by atoms with Gasteiger partial charge in [0.2, 0.25) is 0 Å². The van der Waals surface area contributed by atoms with Crippen LogP contribution in [0.25, 0.3) is 0 Å². The molecule has 0 aliphatic carbocycles. The van der Waals surface area contributed by atoms with Crippen LogP contribution in [-0.4, -0.2) is 18.4 Å². The summed E-state index contributed by atoms with van der Waals surface area (Å²) in [6.07, 6.45) is 16.9. The Morgan fingerprint density at radius 1 is 0.862 bits per heavy atom. The van der Waals surface area contributed by atoms with Gasteiger partial charge in [0.25, 0.3) is 0 Å². The second-order valence-electron chi connectivity index (χ2n) is 8.48. The van der Waals surface area contributed by atoms with Crippen LogP contribution in [0.15, 0.2) is 24.3 Å². The average Bonchev–Trinajstić information content (AvgIpc) is 2.74. The Labute approximate surface area is 179 Å². The van der Waals surface area contributed by atoms with Crippen molar-refractivity contribution in [3.05, 3.63) is 29.8 Å². The molecule has 29 heavy (non-hydrogen) atoms. The molecule has 1 heterocycles. The summed E-state index contributed by atoms with van der Waals surface area (Å²) in [5.41, 5.74) is 2.01. The Balaban J connectivity index is 1.72. The first-order chi connectivity index (χ1) is 14.3. The van der Waals surface area contributed by atoms with Crippen LogP contribution in [0.4, 0.5) is 5.69 Å². The lowest BCUT2D eigenvalue weighted by Crippen LogP contribution is -2.42. The Kier molecular flexibility index (Phi) is 11.6. The predicted octanol–water partition coefficient (Wildman–Crippen LogP) is 7.56. The Morgan fingerprint density at radius 3 is 2.24 bits per heavy atom. The average molecular weight is 396 g/mol. The van der Waals surface area contributed by atoms with Gasteiger partial charge in [0.05, 0.1) is 0 Å². The molecule has 1 aromatic carbocycles. The minimum absolute atomic E-state index is 0.236. The van der Waals surface area contributed by atoms with E-state index in [2.05, 4.69) is 36.7 Å². The van der Waals surface area contributed by atoms with Gasteiger partial charge in [-0.15, -0.1) is 11.8 Å². The van der Waals surface area contributed by atoms with Crippen LogP contribution in [0.3, 0.4) is 0 Å². The standard InChI is InChI=1S/C27H41NO/c1-3-5-7-8-9-10-11-12-13-14-15-16-19-24-23-27(29)25-20-17-18-21-26(25)28(24)22-6-4-2/h17-18,20-21,24H,3-14,19,22-23H2,1-2H3. The van der Waals surface area contributed by atoms with Crippen LogP contribution < -0.4 is 4.90 Å². The van der Waals surface area contributed by atoms with E-state index in [0.717, 1.165) is 37.1 Å². The third kappa shape index (κ3) is 8.25. The Bertz CT molecular complexity index is 654. The fraction of sp³-hybridized carbons (Fsp3) is 0.667. The van der Waals surface area contributed by atoms with Crippen LogP contribution in [0, 0.1) is 11.8 Å². The minimum atomic E-state index is 0.236. The van der Waals surface area contributed by atoms with E-state index in [1.54, 1.807) is 0 Å². The highest BCUT2D eigenvalue weighted by Crippen LogP contribution is 2.32. The van der Waals surface area contributed by atoms with Gasteiger partial charge in [-0.05, 0) is 25.0 Å². The Hall–Kier alpha value is -1.75. The van der Waals surface area contributed by atoms with Gasteiger partial charge >= 0.3 is 0 Å². The van der Waals surface area contributed by atoms with Gasteiger partial charge in [0, 0.05) is 43.1 Å². The minimum Gasteiger partial charge on any atom is -0.367 e. The lowest BCUT2D eigenvalue weighted by molar-refractivity contribution is 0.0966. The number of rotatable bonds is 13. The second-order valence-corrected chi connectivity index (χ2v) is 8.48. The maximum Gasteiger partial charge on any atom is 0.167 e. The quantitative estimate of drug-likeness (QED) is 0.254. The van der Waals surface area contributed by atoms with Crippen molar-refractivity contribution in [3.8, 4) is 11.8 Å². The van der Waals surface area contributed by atoms with Gasteiger partial charge in [0.15, 0.2) is 5.78 Å². The molecule has 1 aromatic rings. The number of unbranched alkanes of at least 4 members (excludes halogenated alkanes) is 10. The van der Waals surface area contributed by atoms with E-state index in [1.165, 1.54) is 64.2 Å². The number of carbonyl (C=O) groups is 1. The molecule has 0 amide bonds. The number of carbonyl (C=O) groups excluding carboxylic acids is 1. The molecular weight excluding hydrogens is 354 g/mol. The summed E-state index contributed by atoms with van der Waals surface area (Å²) in [5.74, 6) is 7.05. The van der Waals surface area contributed by atoms with Crippen molar-refractivity contribution in [2.75, 3.05) is 11.4 Å². The van der Waals surface area contributed by atoms with Crippen molar-refractivity contribution in [2.24, 2.45) is 0 Å². The van der Waals surface area contributed by atoms with Crippen molar-refractivity contribution in [2.45, 2.75) is 110 Å². The molecule has 0 fully saturated rings. The highest BCUT2D eigenvalue weighted by Gasteiger charge is 2.30. The zero-order valence-corrected chi connectivity index (χ0v) is 18.8. The van der Waals surface area contributed by atoms with Gasteiger partial charge in [-0.3, -0.25) is 4.79 Å². The van der Waals surface area contributed by atoms with Crippen LogP contribution in [0.5, 0.6) is 0 Å². The van der Waals surface area contributed by atoms with Gasteiger partial charge in [-0.25, -0.2) is 0 Å². The van der Waals surface area contributed by atoms with E-state index in [9.17, 15) is 4.79 Å². The fourth-order valence-electron chi connectivity index (χ4n) is 4.21. The fourth-order valence-corrected chi connectivity index (χ4v) is 4.21. The molecule has 0 N–H and O–H groups in total. The second kappa shape index (κ2) is 14.3. The third-order valence-corrected chi connectivity index (χ3v) is 6.00. The highest BCUT2D eigenvalue weighted by atomic mass is 16.1. The van der Waals surface area contributed by atoms with Gasteiger partial charge in [0.1, 0.15) is 0 Å². The summed E-state index contributed by atoms with van der Waals surface area (Å²) in [6.45, 7) is 5.52. The van der Waals surface area contributed by atoms with Crippen molar-refractivity contribution in [1.82, 2.24) is 0 Å². The van der Waals surface area contributed by atoms with E-state index < -0.39 is 0 Å². The molecule has 0 bridgehead atoms. The molecule has 0 aromatic heterocycles. The van der Waals surface area contributed by atoms with Crippen molar-refractivity contribution < 1.29 is 4.79 Å². The first kappa shape index (κ1) is 23.5. The Morgan fingerprint density at radius 2 is 1.52 bits per heavy atom. The number of fused-ring (bicyclic) bond motifs is 1. The first-order valence-electron chi connectivity index (χ1n) is 12.1. The maximum atomic E-state index is 12.6. The first-order valence-corrected chi connectivity index (χ1v) is 12.1. The molecule has 160 valence electrons. The van der Waals surface area contributed by atoms with Gasteiger partial charge in [-0.1, -0.05) is 83.8 Å².